The SMILES string of the molecule is Cc1ccc(F)c(NC(=O)CCCc2cccs2)c1. The van der Waals surface area contributed by atoms with Gasteiger partial charge in [-0.15, -0.1) is 11.3 Å². The molecule has 100 valence electrons. The van der Waals surface area contributed by atoms with E-state index in [-0.39, 0.29) is 11.6 Å². The Bertz CT molecular complexity index is 551. The van der Waals surface area contributed by atoms with Crippen LogP contribution in [0.25, 0.3) is 0 Å². The van der Waals surface area contributed by atoms with Gasteiger partial charge < -0.3 is 5.32 Å². The third-order valence-corrected chi connectivity index (χ3v) is 3.74. The van der Waals surface area contributed by atoms with Crippen LogP contribution in [0.15, 0.2) is 35.7 Å². The minimum absolute atomic E-state index is 0.138. The summed E-state index contributed by atoms with van der Waals surface area (Å²) in [6.45, 7) is 1.87. The summed E-state index contributed by atoms with van der Waals surface area (Å²) in [4.78, 5) is 13.0. The smallest absolute Gasteiger partial charge is 0.224 e. The molecule has 1 aromatic carbocycles. The van der Waals surface area contributed by atoms with Crippen LogP contribution >= 0.6 is 11.3 Å². The maximum absolute atomic E-state index is 13.5. The zero-order chi connectivity index (χ0) is 13.7. The van der Waals surface area contributed by atoms with Gasteiger partial charge in [-0.05, 0) is 48.9 Å². The number of benzene rings is 1. The van der Waals surface area contributed by atoms with E-state index in [4.69, 9.17) is 0 Å². The molecular weight excluding hydrogens is 261 g/mol. The second kappa shape index (κ2) is 6.48. The largest absolute Gasteiger partial charge is 0.324 e. The van der Waals surface area contributed by atoms with Gasteiger partial charge >= 0.3 is 0 Å². The summed E-state index contributed by atoms with van der Waals surface area (Å²) in [6.07, 6.45) is 2.08. The first-order chi connectivity index (χ1) is 9.15. The average molecular weight is 277 g/mol. The Labute approximate surface area is 116 Å². The molecule has 0 saturated heterocycles. The maximum Gasteiger partial charge on any atom is 0.224 e. The molecule has 1 amide bonds. The molecule has 0 atom stereocenters. The van der Waals surface area contributed by atoms with E-state index in [9.17, 15) is 9.18 Å². The fourth-order valence-electron chi connectivity index (χ4n) is 1.83. The van der Waals surface area contributed by atoms with Crippen molar-refractivity contribution >= 4 is 22.9 Å². The molecule has 0 fully saturated rings. The van der Waals surface area contributed by atoms with Crippen molar-refractivity contribution in [2.24, 2.45) is 0 Å². The lowest BCUT2D eigenvalue weighted by atomic mass is 10.2. The summed E-state index contributed by atoms with van der Waals surface area (Å²) in [5.74, 6) is -0.529. The Morgan fingerprint density at radius 1 is 1.37 bits per heavy atom. The molecule has 1 aromatic heterocycles. The lowest BCUT2D eigenvalue weighted by molar-refractivity contribution is -0.116. The Balaban J connectivity index is 1.82. The van der Waals surface area contributed by atoms with Crippen molar-refractivity contribution in [3.63, 3.8) is 0 Å². The third kappa shape index (κ3) is 4.17. The molecule has 0 aliphatic rings. The molecule has 2 nitrogen and oxygen atoms in total. The van der Waals surface area contributed by atoms with E-state index in [0.717, 1.165) is 18.4 Å². The molecule has 0 bridgehead atoms. The summed E-state index contributed by atoms with van der Waals surface area (Å²) in [7, 11) is 0. The topological polar surface area (TPSA) is 29.1 Å². The number of carbonyl (C=O) groups excluding carboxylic acids is 1. The van der Waals surface area contributed by atoms with Crippen molar-refractivity contribution in [3.05, 3.63) is 52.0 Å². The molecule has 2 rings (SSSR count). The quantitative estimate of drug-likeness (QED) is 0.873. The number of hydrogen-bond donors (Lipinski definition) is 1. The normalized spacial score (nSPS) is 10.4. The van der Waals surface area contributed by atoms with Gasteiger partial charge in [0, 0.05) is 11.3 Å². The lowest BCUT2D eigenvalue weighted by Crippen LogP contribution is -2.12. The standard InChI is InChI=1S/C15H16FNOS/c1-11-7-8-13(16)14(10-11)17-15(18)6-2-4-12-5-3-9-19-12/h3,5,7-10H,2,4,6H2,1H3,(H,17,18). The van der Waals surface area contributed by atoms with Crippen molar-refractivity contribution < 1.29 is 9.18 Å². The second-order valence-electron chi connectivity index (χ2n) is 4.46. The Morgan fingerprint density at radius 2 is 2.21 bits per heavy atom. The Morgan fingerprint density at radius 3 is 2.95 bits per heavy atom. The molecule has 0 spiro atoms. The molecule has 4 heteroatoms. The monoisotopic (exact) mass is 277 g/mol. The minimum atomic E-state index is -0.391. The molecule has 2 aromatic rings. The van der Waals surface area contributed by atoms with E-state index in [1.165, 1.54) is 10.9 Å². The van der Waals surface area contributed by atoms with Crippen LogP contribution in [0.4, 0.5) is 10.1 Å². The molecule has 0 aliphatic heterocycles. The molecule has 0 radical (unpaired) electrons. The predicted molar refractivity (Wildman–Crippen MR) is 77.0 cm³/mol. The Kier molecular flexibility index (Phi) is 4.68. The van der Waals surface area contributed by atoms with Crippen molar-refractivity contribution in [1.29, 1.82) is 0 Å². The van der Waals surface area contributed by atoms with Gasteiger partial charge in [0.05, 0.1) is 5.69 Å². The van der Waals surface area contributed by atoms with Crippen molar-refractivity contribution in [2.45, 2.75) is 26.2 Å². The fourth-order valence-corrected chi connectivity index (χ4v) is 2.58. The summed E-state index contributed by atoms with van der Waals surface area (Å²) >= 11 is 1.69. The third-order valence-electron chi connectivity index (χ3n) is 2.80. The van der Waals surface area contributed by atoms with E-state index in [1.54, 1.807) is 23.5 Å². The lowest BCUT2D eigenvalue weighted by Gasteiger charge is -2.07. The molecule has 19 heavy (non-hydrogen) atoms. The van der Waals surface area contributed by atoms with E-state index < -0.39 is 5.82 Å². The number of nitrogens with one attached hydrogen (secondary N) is 1. The predicted octanol–water partition coefficient (Wildman–Crippen LogP) is 4.16. The highest BCUT2D eigenvalue weighted by molar-refractivity contribution is 7.09. The van der Waals surface area contributed by atoms with Crippen LogP contribution in [0.3, 0.4) is 0 Å². The van der Waals surface area contributed by atoms with Crippen molar-refractivity contribution in [1.82, 2.24) is 0 Å². The van der Waals surface area contributed by atoms with Crippen LogP contribution in [0.2, 0.25) is 0 Å². The van der Waals surface area contributed by atoms with Crippen LogP contribution in [0.5, 0.6) is 0 Å². The minimum Gasteiger partial charge on any atom is -0.324 e. The molecule has 1 heterocycles. The molecule has 1 N–H and O–H groups in total. The second-order valence-corrected chi connectivity index (χ2v) is 5.50. The first-order valence-corrected chi connectivity index (χ1v) is 7.11. The zero-order valence-corrected chi connectivity index (χ0v) is 11.6. The number of amides is 1. The highest BCUT2D eigenvalue weighted by atomic mass is 32.1. The van der Waals surface area contributed by atoms with Crippen LogP contribution in [-0.2, 0) is 11.2 Å². The molecular formula is C15H16FNOS. The fraction of sp³-hybridized carbons (Fsp3) is 0.267. The van der Waals surface area contributed by atoms with Gasteiger partial charge in [-0.2, -0.15) is 0 Å². The van der Waals surface area contributed by atoms with Gasteiger partial charge in [-0.1, -0.05) is 12.1 Å². The van der Waals surface area contributed by atoms with Crippen LogP contribution < -0.4 is 5.32 Å². The highest BCUT2D eigenvalue weighted by Gasteiger charge is 2.07. The number of aryl methyl sites for hydroxylation is 2. The maximum atomic E-state index is 13.5. The number of anilines is 1. The number of carbonyl (C=O) groups is 1. The van der Waals surface area contributed by atoms with Gasteiger partial charge in [-0.3, -0.25) is 4.79 Å². The van der Waals surface area contributed by atoms with Gasteiger partial charge in [0.15, 0.2) is 0 Å². The van der Waals surface area contributed by atoms with Gasteiger partial charge in [0.25, 0.3) is 0 Å². The van der Waals surface area contributed by atoms with Crippen molar-refractivity contribution in [3.8, 4) is 0 Å². The number of halogens is 1. The van der Waals surface area contributed by atoms with E-state index in [0.29, 0.717) is 6.42 Å². The van der Waals surface area contributed by atoms with Gasteiger partial charge in [-0.25, -0.2) is 4.39 Å². The molecule has 0 saturated carbocycles. The molecule has 0 unspecified atom stereocenters. The van der Waals surface area contributed by atoms with E-state index in [1.807, 2.05) is 18.4 Å². The average Bonchev–Trinajstić information content (AvgIpc) is 2.87. The van der Waals surface area contributed by atoms with E-state index >= 15 is 0 Å². The van der Waals surface area contributed by atoms with Gasteiger partial charge in [0.1, 0.15) is 5.82 Å². The first kappa shape index (κ1) is 13.7. The van der Waals surface area contributed by atoms with Crippen LogP contribution in [0, 0.1) is 12.7 Å². The van der Waals surface area contributed by atoms with Crippen LogP contribution in [-0.4, -0.2) is 5.91 Å². The number of rotatable bonds is 5. The summed E-state index contributed by atoms with van der Waals surface area (Å²) in [5.41, 5.74) is 1.19. The number of thiophene rings is 1. The number of hydrogen-bond acceptors (Lipinski definition) is 2. The van der Waals surface area contributed by atoms with E-state index in [2.05, 4.69) is 11.4 Å². The zero-order valence-electron chi connectivity index (χ0n) is 10.8. The summed E-state index contributed by atoms with van der Waals surface area (Å²) < 4.78 is 13.5. The first-order valence-electron chi connectivity index (χ1n) is 6.23. The van der Waals surface area contributed by atoms with Gasteiger partial charge in [0.2, 0.25) is 5.91 Å². The summed E-state index contributed by atoms with van der Waals surface area (Å²) in [5, 5.41) is 4.65. The van der Waals surface area contributed by atoms with Crippen LogP contribution in [0.1, 0.15) is 23.3 Å². The summed E-state index contributed by atoms with van der Waals surface area (Å²) in [6, 6.07) is 8.76. The highest BCUT2D eigenvalue weighted by Crippen LogP contribution is 2.17. The Hall–Kier alpha value is -1.68. The molecule has 0 aliphatic carbocycles. The van der Waals surface area contributed by atoms with Crippen molar-refractivity contribution in [2.75, 3.05) is 5.32 Å².